The number of rotatable bonds is 8. The van der Waals surface area contributed by atoms with Crippen LogP contribution in [0.4, 0.5) is 0 Å². The third kappa shape index (κ3) is 5.58. The average molecular weight is 342 g/mol. The van der Waals surface area contributed by atoms with Gasteiger partial charge in [0.2, 0.25) is 0 Å². The molecule has 0 heterocycles. The molecule has 1 unspecified atom stereocenters. The van der Waals surface area contributed by atoms with E-state index in [0.29, 0.717) is 18.4 Å². The fourth-order valence-electron chi connectivity index (χ4n) is 2.96. The lowest BCUT2D eigenvalue weighted by molar-refractivity contribution is -0.318. The topological polar surface area (TPSA) is 38.7 Å². The van der Waals surface area contributed by atoms with E-state index >= 15 is 0 Å². The summed E-state index contributed by atoms with van der Waals surface area (Å²) in [6.45, 7) is 10.9. The molecule has 136 valence electrons. The summed E-state index contributed by atoms with van der Waals surface area (Å²) >= 11 is 0. The Hall–Kier alpha value is -1.84. The molecule has 2 aromatic rings. The molecule has 3 heteroatoms. The highest BCUT2D eigenvalue weighted by Crippen LogP contribution is 2.26. The molecule has 2 rings (SSSR count). The second kappa shape index (κ2) is 8.50. The monoisotopic (exact) mass is 342 g/mol. The van der Waals surface area contributed by atoms with E-state index in [2.05, 4.69) is 37.8 Å². The van der Waals surface area contributed by atoms with E-state index in [9.17, 15) is 0 Å². The van der Waals surface area contributed by atoms with Crippen LogP contribution in [0.25, 0.3) is 0 Å². The van der Waals surface area contributed by atoms with Crippen LogP contribution < -0.4 is 4.74 Å². The summed E-state index contributed by atoms with van der Waals surface area (Å²) in [6.07, 6.45) is 1.19. The molecule has 2 aromatic carbocycles. The van der Waals surface area contributed by atoms with Gasteiger partial charge in [0.1, 0.15) is 18.0 Å². The van der Waals surface area contributed by atoms with Gasteiger partial charge in [-0.2, -0.15) is 0 Å². The zero-order chi connectivity index (χ0) is 18.4. The van der Waals surface area contributed by atoms with Crippen molar-refractivity contribution in [3.63, 3.8) is 0 Å². The van der Waals surface area contributed by atoms with Crippen molar-refractivity contribution in [3.05, 3.63) is 65.2 Å². The number of ether oxygens (including phenoxy) is 1. The van der Waals surface area contributed by atoms with E-state index in [1.54, 1.807) is 0 Å². The molecule has 0 fully saturated rings. The van der Waals surface area contributed by atoms with Crippen molar-refractivity contribution >= 4 is 0 Å². The molecule has 0 aliphatic carbocycles. The maximum atomic E-state index is 8.95. The minimum atomic E-state index is -0.706. The Morgan fingerprint density at radius 1 is 0.920 bits per heavy atom. The van der Waals surface area contributed by atoms with Gasteiger partial charge in [-0.3, -0.25) is 5.26 Å². The molecule has 1 atom stereocenters. The predicted octanol–water partition coefficient (Wildman–Crippen LogP) is 6.14. The average Bonchev–Trinajstić information content (AvgIpc) is 2.60. The molecule has 25 heavy (non-hydrogen) atoms. The van der Waals surface area contributed by atoms with Crippen LogP contribution in [0.15, 0.2) is 48.5 Å². The maximum absolute atomic E-state index is 8.95. The SMILES string of the molecule is CC(C)CC(C)c1ccc(OCc2ccc(C(C)(C)OO)cc2)cc1. The van der Waals surface area contributed by atoms with Crippen LogP contribution in [0.2, 0.25) is 0 Å². The molecule has 0 bridgehead atoms. The summed E-state index contributed by atoms with van der Waals surface area (Å²) in [6, 6.07) is 16.3. The van der Waals surface area contributed by atoms with Crippen LogP contribution >= 0.6 is 0 Å². The van der Waals surface area contributed by atoms with Crippen molar-refractivity contribution < 1.29 is 14.9 Å². The quantitative estimate of drug-likeness (QED) is 0.462. The summed E-state index contributed by atoms with van der Waals surface area (Å²) < 4.78 is 5.88. The van der Waals surface area contributed by atoms with Gasteiger partial charge < -0.3 is 4.74 Å². The molecule has 0 aromatic heterocycles. The maximum Gasteiger partial charge on any atom is 0.123 e. The molecule has 1 N–H and O–H groups in total. The molecule has 0 saturated heterocycles. The van der Waals surface area contributed by atoms with Gasteiger partial charge in [0.05, 0.1) is 0 Å². The lowest BCUT2D eigenvalue weighted by Gasteiger charge is -2.21. The molecule has 0 radical (unpaired) electrons. The van der Waals surface area contributed by atoms with Gasteiger partial charge >= 0.3 is 0 Å². The molecule has 0 spiro atoms. The van der Waals surface area contributed by atoms with Gasteiger partial charge in [-0.25, -0.2) is 4.89 Å². The number of benzene rings is 2. The molecular weight excluding hydrogens is 312 g/mol. The van der Waals surface area contributed by atoms with Crippen molar-refractivity contribution in [2.45, 2.75) is 59.2 Å². The highest BCUT2D eigenvalue weighted by Gasteiger charge is 2.21. The van der Waals surface area contributed by atoms with Crippen molar-refractivity contribution in [1.29, 1.82) is 0 Å². The van der Waals surface area contributed by atoms with Crippen LogP contribution in [0.5, 0.6) is 5.75 Å². The van der Waals surface area contributed by atoms with Gasteiger partial charge in [-0.15, -0.1) is 0 Å². The Kier molecular flexibility index (Phi) is 6.63. The molecule has 3 nitrogen and oxygen atoms in total. The summed E-state index contributed by atoms with van der Waals surface area (Å²) in [5.41, 5.74) is 2.65. The molecular formula is C22H30O3. The molecule has 0 saturated carbocycles. The zero-order valence-electron chi connectivity index (χ0n) is 16.0. The number of hydrogen-bond donors (Lipinski definition) is 1. The van der Waals surface area contributed by atoms with E-state index < -0.39 is 5.60 Å². The molecule has 0 amide bonds. The van der Waals surface area contributed by atoms with E-state index in [0.717, 1.165) is 16.9 Å². The van der Waals surface area contributed by atoms with Crippen LogP contribution in [-0.4, -0.2) is 5.26 Å². The zero-order valence-corrected chi connectivity index (χ0v) is 16.0. The minimum Gasteiger partial charge on any atom is -0.489 e. The first-order chi connectivity index (χ1) is 11.8. The van der Waals surface area contributed by atoms with Crippen molar-refractivity contribution in [2.75, 3.05) is 0 Å². The Morgan fingerprint density at radius 3 is 2.04 bits per heavy atom. The standard InChI is InChI=1S/C22H30O3/c1-16(2)14-17(3)19-8-12-21(13-9-19)24-15-18-6-10-20(11-7-18)22(4,5)25-23/h6-13,16-17,23H,14-15H2,1-5H3. The van der Waals surface area contributed by atoms with Gasteiger partial charge in [0, 0.05) is 0 Å². The van der Waals surface area contributed by atoms with Crippen LogP contribution in [0.3, 0.4) is 0 Å². The second-order valence-electron chi connectivity index (χ2n) is 7.69. The van der Waals surface area contributed by atoms with Gasteiger partial charge in [0.25, 0.3) is 0 Å². The van der Waals surface area contributed by atoms with Crippen molar-refractivity contribution in [2.24, 2.45) is 5.92 Å². The van der Waals surface area contributed by atoms with Crippen molar-refractivity contribution in [1.82, 2.24) is 0 Å². The predicted molar refractivity (Wildman–Crippen MR) is 102 cm³/mol. The van der Waals surface area contributed by atoms with Crippen LogP contribution in [-0.2, 0) is 17.1 Å². The van der Waals surface area contributed by atoms with E-state index in [-0.39, 0.29) is 0 Å². The normalized spacial score (nSPS) is 13.1. The molecule has 0 aliphatic rings. The summed E-state index contributed by atoms with van der Waals surface area (Å²) in [5, 5.41) is 8.95. The van der Waals surface area contributed by atoms with Crippen LogP contribution in [0.1, 0.15) is 63.6 Å². The Labute approximate surface area is 151 Å². The van der Waals surface area contributed by atoms with Gasteiger partial charge in [-0.05, 0) is 60.9 Å². The van der Waals surface area contributed by atoms with Gasteiger partial charge in [0.15, 0.2) is 0 Å². The highest BCUT2D eigenvalue weighted by atomic mass is 17.1. The van der Waals surface area contributed by atoms with E-state index in [4.69, 9.17) is 9.99 Å². The minimum absolute atomic E-state index is 0.515. The first kappa shape index (κ1) is 19.5. The summed E-state index contributed by atoms with van der Waals surface area (Å²) in [7, 11) is 0. The Bertz CT molecular complexity index is 642. The lowest BCUT2D eigenvalue weighted by Crippen LogP contribution is -2.19. The highest BCUT2D eigenvalue weighted by molar-refractivity contribution is 5.30. The van der Waals surface area contributed by atoms with E-state index in [1.807, 2.05) is 50.2 Å². The Balaban J connectivity index is 1.93. The van der Waals surface area contributed by atoms with Crippen molar-refractivity contribution in [3.8, 4) is 5.75 Å². The van der Waals surface area contributed by atoms with Crippen LogP contribution in [0, 0.1) is 5.92 Å². The third-order valence-electron chi connectivity index (χ3n) is 4.56. The first-order valence-electron chi connectivity index (χ1n) is 8.96. The lowest BCUT2D eigenvalue weighted by atomic mass is 9.92. The number of hydrogen-bond acceptors (Lipinski definition) is 3. The first-order valence-corrected chi connectivity index (χ1v) is 8.96. The third-order valence-corrected chi connectivity index (χ3v) is 4.56. The smallest absolute Gasteiger partial charge is 0.123 e. The Morgan fingerprint density at radius 2 is 1.52 bits per heavy atom. The van der Waals surface area contributed by atoms with Gasteiger partial charge in [-0.1, -0.05) is 57.2 Å². The van der Waals surface area contributed by atoms with E-state index in [1.165, 1.54) is 12.0 Å². The summed E-state index contributed by atoms with van der Waals surface area (Å²) in [5.74, 6) is 2.15. The summed E-state index contributed by atoms with van der Waals surface area (Å²) in [4.78, 5) is 4.52. The molecule has 0 aliphatic heterocycles. The second-order valence-corrected chi connectivity index (χ2v) is 7.69. The largest absolute Gasteiger partial charge is 0.489 e. The fourth-order valence-corrected chi connectivity index (χ4v) is 2.96. The fraction of sp³-hybridized carbons (Fsp3) is 0.455.